The van der Waals surface area contributed by atoms with Crippen molar-refractivity contribution in [3.8, 4) is 17.1 Å². The minimum Gasteiger partial charge on any atom is -0.497 e. The van der Waals surface area contributed by atoms with Crippen molar-refractivity contribution in [3.05, 3.63) is 30.1 Å². The van der Waals surface area contributed by atoms with E-state index in [9.17, 15) is 0 Å². The summed E-state index contributed by atoms with van der Waals surface area (Å²) in [5.41, 5.74) is 0.784. The molecule has 26 heavy (non-hydrogen) atoms. The summed E-state index contributed by atoms with van der Waals surface area (Å²) in [5.74, 6) is 1.67. The van der Waals surface area contributed by atoms with E-state index >= 15 is 0 Å². The van der Waals surface area contributed by atoms with Gasteiger partial charge in [0.1, 0.15) is 5.75 Å². The first-order valence-corrected chi connectivity index (χ1v) is 9.53. The molecule has 1 aromatic carbocycles. The highest BCUT2D eigenvalue weighted by Crippen LogP contribution is 2.36. The van der Waals surface area contributed by atoms with Gasteiger partial charge in [0.2, 0.25) is 9.74 Å². The van der Waals surface area contributed by atoms with Crippen molar-refractivity contribution in [2.24, 2.45) is 0 Å². The predicted octanol–water partition coefficient (Wildman–Crippen LogP) is 3.88. The molecule has 1 saturated heterocycles. The summed E-state index contributed by atoms with van der Waals surface area (Å²) in [7, 11) is 1.61. The number of likely N-dealkylation sites (tertiary alicyclic amines) is 1. The fraction of sp³-hybridized carbons (Fsp3) is 0.471. The number of hydrogen-bond donors (Lipinski definition) is 1. The summed E-state index contributed by atoms with van der Waals surface area (Å²) in [6.45, 7) is 3.91. The van der Waals surface area contributed by atoms with Gasteiger partial charge in [-0.2, -0.15) is 9.97 Å². The average Bonchev–Trinajstić information content (AvgIpc) is 3.14. The molecule has 6 nitrogen and oxygen atoms in total. The Balaban J connectivity index is 1.80. The highest BCUT2D eigenvalue weighted by molar-refractivity contribution is 6.66. The van der Waals surface area contributed by atoms with Crippen molar-refractivity contribution in [1.82, 2.24) is 19.9 Å². The minimum atomic E-state index is -1.73. The topological polar surface area (TPSA) is 63.2 Å². The molecular weight excluding hydrogens is 397 g/mol. The minimum absolute atomic E-state index is 0.0898. The van der Waals surface area contributed by atoms with Gasteiger partial charge in [-0.15, -0.1) is 0 Å². The zero-order valence-corrected chi connectivity index (χ0v) is 16.7. The highest BCUT2D eigenvalue weighted by atomic mass is 35.6. The Morgan fingerprint density at radius 3 is 2.38 bits per heavy atom. The fourth-order valence-corrected chi connectivity index (χ4v) is 3.04. The maximum Gasteiger partial charge on any atom is 0.250 e. The molecule has 1 fully saturated rings. The van der Waals surface area contributed by atoms with E-state index in [1.165, 1.54) is 12.8 Å². The van der Waals surface area contributed by atoms with Crippen molar-refractivity contribution in [3.63, 3.8) is 0 Å². The number of aromatic nitrogens is 3. The van der Waals surface area contributed by atoms with Gasteiger partial charge in [0, 0.05) is 18.7 Å². The standard InChI is InChI=1S/C17H20Cl3N5O/c1-26-13-6-4-12(5-7-13)14-22-15(17(18,19)20)24-16(23-14)21-8-11-25-9-2-3-10-25/h4-7H,2-3,8-11H2,1H3,(H,21,22,23,24). The van der Waals surface area contributed by atoms with Crippen LogP contribution in [0, 0.1) is 0 Å². The molecule has 3 rings (SSSR count). The van der Waals surface area contributed by atoms with Crippen LogP contribution >= 0.6 is 34.8 Å². The third-order valence-electron chi connectivity index (χ3n) is 4.15. The number of halogens is 3. The number of anilines is 1. The van der Waals surface area contributed by atoms with Crippen LogP contribution in [-0.2, 0) is 3.79 Å². The lowest BCUT2D eigenvalue weighted by Gasteiger charge is -2.16. The number of benzene rings is 1. The lowest BCUT2D eigenvalue weighted by atomic mass is 10.2. The van der Waals surface area contributed by atoms with Gasteiger partial charge in [-0.1, -0.05) is 34.8 Å². The average molecular weight is 417 g/mol. The van der Waals surface area contributed by atoms with Gasteiger partial charge in [-0.05, 0) is 50.2 Å². The van der Waals surface area contributed by atoms with Gasteiger partial charge < -0.3 is 15.0 Å². The zero-order chi connectivity index (χ0) is 18.6. The van der Waals surface area contributed by atoms with Crippen molar-refractivity contribution >= 4 is 40.8 Å². The molecule has 0 bridgehead atoms. The molecule has 0 amide bonds. The molecule has 1 N–H and O–H groups in total. The second-order valence-corrected chi connectivity index (χ2v) is 8.29. The van der Waals surface area contributed by atoms with E-state index in [0.29, 0.717) is 18.3 Å². The Morgan fingerprint density at radius 1 is 1.08 bits per heavy atom. The number of methoxy groups -OCH3 is 1. The Kier molecular flexibility index (Phi) is 6.40. The largest absolute Gasteiger partial charge is 0.497 e. The van der Waals surface area contributed by atoms with E-state index in [0.717, 1.165) is 30.9 Å². The van der Waals surface area contributed by atoms with Crippen LogP contribution in [0.2, 0.25) is 0 Å². The Labute approximate surface area is 167 Å². The molecule has 0 aliphatic carbocycles. The van der Waals surface area contributed by atoms with Gasteiger partial charge in [0.05, 0.1) is 7.11 Å². The molecule has 140 valence electrons. The quantitative estimate of drug-likeness (QED) is 0.721. The number of hydrogen-bond acceptors (Lipinski definition) is 6. The smallest absolute Gasteiger partial charge is 0.250 e. The van der Waals surface area contributed by atoms with E-state index in [-0.39, 0.29) is 5.82 Å². The summed E-state index contributed by atoms with van der Waals surface area (Å²) >= 11 is 18.0. The normalized spacial score (nSPS) is 15.2. The number of rotatable bonds is 6. The van der Waals surface area contributed by atoms with Crippen LogP contribution in [0.3, 0.4) is 0 Å². The first-order valence-electron chi connectivity index (χ1n) is 8.39. The third-order valence-corrected chi connectivity index (χ3v) is 4.65. The Bertz CT molecular complexity index is 730. The zero-order valence-electron chi connectivity index (χ0n) is 14.4. The Morgan fingerprint density at radius 2 is 1.77 bits per heavy atom. The molecule has 1 aliphatic rings. The predicted molar refractivity (Wildman–Crippen MR) is 105 cm³/mol. The monoisotopic (exact) mass is 415 g/mol. The molecular formula is C17H20Cl3N5O. The van der Waals surface area contributed by atoms with Crippen LogP contribution in [0.15, 0.2) is 24.3 Å². The van der Waals surface area contributed by atoms with Crippen LogP contribution in [0.4, 0.5) is 5.95 Å². The second kappa shape index (κ2) is 8.57. The molecule has 0 spiro atoms. The molecule has 0 saturated carbocycles. The summed E-state index contributed by atoms with van der Waals surface area (Å²) < 4.78 is 3.45. The Hall–Kier alpha value is -1.34. The number of alkyl halides is 3. The molecule has 1 aromatic heterocycles. The van der Waals surface area contributed by atoms with Crippen molar-refractivity contribution in [2.45, 2.75) is 16.6 Å². The fourth-order valence-electron chi connectivity index (χ4n) is 2.78. The highest BCUT2D eigenvalue weighted by Gasteiger charge is 2.28. The summed E-state index contributed by atoms with van der Waals surface area (Å²) in [4.78, 5) is 15.4. The van der Waals surface area contributed by atoms with Crippen LogP contribution in [-0.4, -0.2) is 53.1 Å². The van der Waals surface area contributed by atoms with E-state index in [1.54, 1.807) is 7.11 Å². The van der Waals surface area contributed by atoms with Gasteiger partial charge in [0.15, 0.2) is 11.6 Å². The summed E-state index contributed by atoms with van der Waals surface area (Å²) in [5, 5.41) is 3.21. The maximum atomic E-state index is 6.00. The van der Waals surface area contributed by atoms with Crippen LogP contribution in [0.25, 0.3) is 11.4 Å². The van der Waals surface area contributed by atoms with E-state index in [2.05, 4.69) is 25.2 Å². The molecule has 1 aliphatic heterocycles. The van der Waals surface area contributed by atoms with Crippen LogP contribution in [0.5, 0.6) is 5.75 Å². The molecule has 2 heterocycles. The number of nitrogens with zero attached hydrogens (tertiary/aromatic N) is 4. The van der Waals surface area contributed by atoms with Crippen LogP contribution < -0.4 is 10.1 Å². The third kappa shape index (κ3) is 5.10. The molecule has 0 unspecified atom stereocenters. The van der Waals surface area contributed by atoms with Crippen molar-refractivity contribution < 1.29 is 4.74 Å². The number of nitrogens with one attached hydrogen (secondary N) is 1. The number of ether oxygens (including phenoxy) is 1. The maximum absolute atomic E-state index is 6.00. The van der Waals surface area contributed by atoms with Crippen molar-refractivity contribution in [2.75, 3.05) is 38.6 Å². The first-order chi connectivity index (χ1) is 12.5. The summed E-state index contributed by atoms with van der Waals surface area (Å²) in [6.07, 6.45) is 2.51. The summed E-state index contributed by atoms with van der Waals surface area (Å²) in [6, 6.07) is 7.36. The van der Waals surface area contributed by atoms with Gasteiger partial charge >= 0.3 is 0 Å². The SMILES string of the molecule is COc1ccc(-c2nc(NCCN3CCCC3)nc(C(Cl)(Cl)Cl)n2)cc1. The second-order valence-electron chi connectivity index (χ2n) is 6.01. The van der Waals surface area contributed by atoms with Crippen molar-refractivity contribution in [1.29, 1.82) is 0 Å². The van der Waals surface area contributed by atoms with E-state index < -0.39 is 3.79 Å². The first kappa shape index (κ1) is 19.4. The molecule has 9 heteroatoms. The lowest BCUT2D eigenvalue weighted by molar-refractivity contribution is 0.352. The van der Waals surface area contributed by atoms with E-state index in [4.69, 9.17) is 39.5 Å². The van der Waals surface area contributed by atoms with E-state index in [1.807, 2.05) is 24.3 Å². The molecule has 0 radical (unpaired) electrons. The van der Waals surface area contributed by atoms with Gasteiger partial charge in [0.25, 0.3) is 0 Å². The van der Waals surface area contributed by atoms with Gasteiger partial charge in [-0.3, -0.25) is 0 Å². The van der Waals surface area contributed by atoms with Gasteiger partial charge in [-0.25, -0.2) is 4.98 Å². The molecule has 0 atom stereocenters. The molecule has 2 aromatic rings. The lowest BCUT2D eigenvalue weighted by Crippen LogP contribution is -2.26. The van der Waals surface area contributed by atoms with Crippen LogP contribution in [0.1, 0.15) is 18.7 Å².